The molecule has 0 amide bonds. The molecule has 0 heterocycles. The van der Waals surface area contributed by atoms with Crippen LogP contribution in [0, 0.1) is 12.7 Å². The Bertz CT molecular complexity index is 524. The van der Waals surface area contributed by atoms with Crippen LogP contribution in [0.2, 0.25) is 0 Å². The molecule has 1 aliphatic rings. The van der Waals surface area contributed by atoms with Crippen LogP contribution < -0.4 is 4.72 Å². The predicted octanol–water partition coefficient (Wildman–Crippen LogP) is 0.936. The zero-order valence-corrected chi connectivity index (χ0v) is 10.2. The zero-order valence-electron chi connectivity index (χ0n) is 9.35. The minimum atomic E-state index is -3.62. The lowest BCUT2D eigenvalue weighted by Crippen LogP contribution is -2.46. The van der Waals surface area contributed by atoms with Gasteiger partial charge >= 0.3 is 0 Å². The van der Waals surface area contributed by atoms with E-state index in [1.165, 1.54) is 12.1 Å². The van der Waals surface area contributed by atoms with Crippen LogP contribution in [0.4, 0.5) is 4.39 Å². The second-order valence-electron chi connectivity index (χ2n) is 4.35. The van der Waals surface area contributed by atoms with Gasteiger partial charge in [-0.2, -0.15) is 0 Å². The highest BCUT2D eigenvalue weighted by Gasteiger charge is 2.31. The average molecular weight is 259 g/mol. The minimum Gasteiger partial charge on any atom is -0.393 e. The van der Waals surface area contributed by atoms with E-state index >= 15 is 0 Å². The van der Waals surface area contributed by atoms with Gasteiger partial charge in [-0.05, 0) is 43.5 Å². The normalized spacial score (nSPS) is 24.4. The summed E-state index contributed by atoms with van der Waals surface area (Å²) in [5, 5.41) is 9.09. The van der Waals surface area contributed by atoms with E-state index in [0.29, 0.717) is 18.4 Å². The Morgan fingerprint density at radius 1 is 1.41 bits per heavy atom. The molecule has 0 bridgehead atoms. The Morgan fingerprint density at radius 3 is 2.59 bits per heavy atom. The molecule has 6 heteroatoms. The number of hydrogen-bond donors (Lipinski definition) is 2. The van der Waals surface area contributed by atoms with E-state index < -0.39 is 21.9 Å². The fourth-order valence-corrected chi connectivity index (χ4v) is 3.37. The van der Waals surface area contributed by atoms with E-state index in [0.717, 1.165) is 6.07 Å². The molecule has 94 valence electrons. The number of rotatable bonds is 3. The topological polar surface area (TPSA) is 66.4 Å². The molecule has 17 heavy (non-hydrogen) atoms. The van der Waals surface area contributed by atoms with Crippen molar-refractivity contribution in [2.75, 3.05) is 0 Å². The van der Waals surface area contributed by atoms with Gasteiger partial charge in [0.05, 0.1) is 11.0 Å². The van der Waals surface area contributed by atoms with Crippen molar-refractivity contribution in [2.45, 2.75) is 36.8 Å². The highest BCUT2D eigenvalue weighted by atomic mass is 32.2. The van der Waals surface area contributed by atoms with Crippen molar-refractivity contribution in [3.63, 3.8) is 0 Å². The maximum absolute atomic E-state index is 12.9. The lowest BCUT2D eigenvalue weighted by molar-refractivity contribution is 0.0712. The molecule has 4 nitrogen and oxygen atoms in total. The molecule has 1 aromatic carbocycles. The van der Waals surface area contributed by atoms with Gasteiger partial charge in [0.1, 0.15) is 5.82 Å². The van der Waals surface area contributed by atoms with Crippen LogP contribution in [0.1, 0.15) is 18.4 Å². The van der Waals surface area contributed by atoms with Crippen LogP contribution in [-0.2, 0) is 10.0 Å². The van der Waals surface area contributed by atoms with Crippen molar-refractivity contribution in [1.29, 1.82) is 0 Å². The summed E-state index contributed by atoms with van der Waals surface area (Å²) in [6.45, 7) is 1.55. The smallest absolute Gasteiger partial charge is 0.241 e. The van der Waals surface area contributed by atoms with Crippen LogP contribution in [0.15, 0.2) is 23.1 Å². The first-order chi connectivity index (χ1) is 7.88. The lowest BCUT2D eigenvalue weighted by Gasteiger charge is -2.31. The molecular formula is C11H14FNO3S. The van der Waals surface area contributed by atoms with Gasteiger partial charge in [-0.3, -0.25) is 0 Å². The van der Waals surface area contributed by atoms with Gasteiger partial charge < -0.3 is 5.11 Å². The van der Waals surface area contributed by atoms with Crippen LogP contribution in [0.5, 0.6) is 0 Å². The summed E-state index contributed by atoms with van der Waals surface area (Å²) in [6.07, 6.45) is 0.441. The standard InChI is InChI=1S/C11H14FNO3S/c1-7-4-8(12)2-3-11(7)17(15,16)13-9-5-10(14)6-9/h2-4,9-10,13-14H,5-6H2,1H3. The number of halogens is 1. The third-order valence-corrected chi connectivity index (χ3v) is 4.54. The Kier molecular flexibility index (Phi) is 3.20. The van der Waals surface area contributed by atoms with Gasteiger partial charge in [0.25, 0.3) is 0 Å². The summed E-state index contributed by atoms with van der Waals surface area (Å²) in [5.41, 5.74) is 0.373. The van der Waals surface area contributed by atoms with E-state index in [-0.39, 0.29) is 10.9 Å². The molecule has 0 radical (unpaired) electrons. The molecular weight excluding hydrogens is 245 g/mol. The first kappa shape index (κ1) is 12.5. The van der Waals surface area contributed by atoms with Crippen molar-refractivity contribution in [3.05, 3.63) is 29.6 Å². The van der Waals surface area contributed by atoms with E-state index in [9.17, 15) is 12.8 Å². The molecule has 0 aliphatic heterocycles. The summed E-state index contributed by atoms with van der Waals surface area (Å²) in [7, 11) is -3.62. The quantitative estimate of drug-likeness (QED) is 0.849. The van der Waals surface area contributed by atoms with Crippen molar-refractivity contribution >= 4 is 10.0 Å². The highest BCUT2D eigenvalue weighted by molar-refractivity contribution is 7.89. The van der Waals surface area contributed by atoms with Crippen LogP contribution in [0.3, 0.4) is 0 Å². The molecule has 1 aliphatic carbocycles. The molecule has 0 saturated heterocycles. The Balaban J connectivity index is 2.20. The number of aryl methyl sites for hydroxylation is 1. The summed E-state index contributed by atoms with van der Waals surface area (Å²) < 4.78 is 39.3. The molecule has 2 N–H and O–H groups in total. The molecule has 1 fully saturated rings. The molecule has 0 atom stereocenters. The number of benzene rings is 1. The Labute approximate surface area is 99.5 Å². The second-order valence-corrected chi connectivity index (χ2v) is 6.04. The van der Waals surface area contributed by atoms with Gasteiger partial charge in [-0.1, -0.05) is 0 Å². The number of nitrogens with one attached hydrogen (secondary N) is 1. The number of aliphatic hydroxyl groups excluding tert-OH is 1. The van der Waals surface area contributed by atoms with E-state index in [1.54, 1.807) is 6.92 Å². The van der Waals surface area contributed by atoms with Crippen LogP contribution >= 0.6 is 0 Å². The summed E-state index contributed by atoms with van der Waals surface area (Å²) in [5.74, 6) is -0.458. The van der Waals surface area contributed by atoms with Gasteiger partial charge in [0.2, 0.25) is 10.0 Å². The fraction of sp³-hybridized carbons (Fsp3) is 0.455. The van der Waals surface area contributed by atoms with Gasteiger partial charge in [0, 0.05) is 6.04 Å². The van der Waals surface area contributed by atoms with Crippen molar-refractivity contribution < 1.29 is 17.9 Å². The predicted molar refractivity (Wildman–Crippen MR) is 60.5 cm³/mol. The van der Waals surface area contributed by atoms with E-state index in [1.807, 2.05) is 0 Å². The van der Waals surface area contributed by atoms with E-state index in [2.05, 4.69) is 4.72 Å². The SMILES string of the molecule is Cc1cc(F)ccc1S(=O)(=O)NC1CC(O)C1. The highest BCUT2D eigenvalue weighted by Crippen LogP contribution is 2.23. The molecule has 0 aromatic heterocycles. The molecule has 0 spiro atoms. The fourth-order valence-electron chi connectivity index (χ4n) is 1.88. The molecule has 2 rings (SSSR count). The van der Waals surface area contributed by atoms with E-state index in [4.69, 9.17) is 5.11 Å². The Hall–Kier alpha value is -0.980. The first-order valence-electron chi connectivity index (χ1n) is 5.35. The Morgan fingerprint density at radius 2 is 2.06 bits per heavy atom. The van der Waals surface area contributed by atoms with Crippen LogP contribution in [0.25, 0.3) is 0 Å². The second kappa shape index (κ2) is 4.36. The third kappa shape index (κ3) is 2.65. The largest absolute Gasteiger partial charge is 0.393 e. The number of sulfonamides is 1. The number of hydrogen-bond acceptors (Lipinski definition) is 3. The number of aliphatic hydroxyl groups is 1. The molecule has 0 unspecified atom stereocenters. The van der Waals surface area contributed by atoms with Crippen molar-refractivity contribution in [2.24, 2.45) is 0 Å². The maximum atomic E-state index is 12.9. The van der Waals surface area contributed by atoms with Crippen molar-refractivity contribution in [3.8, 4) is 0 Å². The molecule has 1 saturated carbocycles. The van der Waals surface area contributed by atoms with Gasteiger partial charge in [-0.25, -0.2) is 17.5 Å². The van der Waals surface area contributed by atoms with Crippen molar-refractivity contribution in [1.82, 2.24) is 4.72 Å². The van der Waals surface area contributed by atoms with Crippen LogP contribution in [-0.4, -0.2) is 25.7 Å². The average Bonchev–Trinajstić information content (AvgIpc) is 2.14. The van der Waals surface area contributed by atoms with Gasteiger partial charge in [-0.15, -0.1) is 0 Å². The molecule has 1 aromatic rings. The third-order valence-electron chi connectivity index (χ3n) is 2.86. The van der Waals surface area contributed by atoms with Gasteiger partial charge in [0.15, 0.2) is 0 Å². The zero-order chi connectivity index (χ0) is 12.6. The lowest BCUT2D eigenvalue weighted by atomic mass is 9.91. The minimum absolute atomic E-state index is 0.0836. The monoisotopic (exact) mass is 259 g/mol. The summed E-state index contributed by atoms with van der Waals surface area (Å²) in [6, 6.07) is 3.34. The summed E-state index contributed by atoms with van der Waals surface area (Å²) >= 11 is 0. The summed E-state index contributed by atoms with van der Waals surface area (Å²) in [4.78, 5) is 0.0836. The first-order valence-corrected chi connectivity index (χ1v) is 6.83. The maximum Gasteiger partial charge on any atom is 0.241 e.